The third-order valence-corrected chi connectivity index (χ3v) is 4.40. The summed E-state index contributed by atoms with van der Waals surface area (Å²) in [5.41, 5.74) is 2.94. The molecule has 0 radical (unpaired) electrons. The van der Waals surface area contributed by atoms with Crippen molar-refractivity contribution in [1.82, 2.24) is 25.4 Å². The highest BCUT2D eigenvalue weighted by atomic mass is 19.4. The molecule has 3 aromatic rings. The monoisotopic (exact) mass is 446 g/mol. The molecule has 0 atom stereocenters. The standard InChI is InChI=1S/C22H25F3N6O/c1-2-26-21(28-13-17-8-10-27-20(12-17)32-16-22(23,24)25)29-14-18-6-3-4-7-19(18)15-31-11-5-9-30-31/h3-12H,2,13-16H2,1H3,(H2,26,28,29). The summed E-state index contributed by atoms with van der Waals surface area (Å²) in [4.78, 5) is 8.34. The Balaban J connectivity index is 1.63. The fraction of sp³-hybridized carbons (Fsp3) is 0.318. The second-order valence-corrected chi connectivity index (χ2v) is 6.93. The van der Waals surface area contributed by atoms with Gasteiger partial charge in [0.1, 0.15) is 0 Å². The van der Waals surface area contributed by atoms with Crippen LogP contribution < -0.4 is 15.4 Å². The van der Waals surface area contributed by atoms with E-state index in [1.165, 1.54) is 12.3 Å². The number of pyridine rings is 1. The summed E-state index contributed by atoms with van der Waals surface area (Å²) in [6.45, 7) is 2.72. The van der Waals surface area contributed by atoms with Crippen molar-refractivity contribution in [3.05, 3.63) is 77.7 Å². The van der Waals surface area contributed by atoms with Crippen molar-refractivity contribution in [3.63, 3.8) is 0 Å². The van der Waals surface area contributed by atoms with E-state index in [2.05, 4.69) is 31.8 Å². The van der Waals surface area contributed by atoms with Crippen LogP contribution in [0.2, 0.25) is 0 Å². The number of hydrogen-bond donors (Lipinski definition) is 2. The minimum Gasteiger partial charge on any atom is -0.468 e. The summed E-state index contributed by atoms with van der Waals surface area (Å²) in [5.74, 6) is 0.511. The Hall–Kier alpha value is -3.56. The molecule has 0 saturated carbocycles. The molecular weight excluding hydrogens is 421 g/mol. The normalized spacial score (nSPS) is 11.9. The van der Waals surface area contributed by atoms with E-state index in [0.29, 0.717) is 31.2 Å². The van der Waals surface area contributed by atoms with Crippen molar-refractivity contribution >= 4 is 5.96 Å². The molecule has 170 valence electrons. The smallest absolute Gasteiger partial charge is 0.422 e. The van der Waals surface area contributed by atoms with Gasteiger partial charge in [-0.05, 0) is 35.7 Å². The number of guanidine groups is 1. The van der Waals surface area contributed by atoms with Gasteiger partial charge in [-0.15, -0.1) is 0 Å². The predicted octanol–water partition coefficient (Wildman–Crippen LogP) is 3.52. The molecule has 0 spiro atoms. The molecule has 0 unspecified atom stereocenters. The summed E-state index contributed by atoms with van der Waals surface area (Å²) in [7, 11) is 0. The van der Waals surface area contributed by atoms with Crippen LogP contribution in [0.4, 0.5) is 13.2 Å². The SMILES string of the molecule is CCNC(=NCc1ccnc(OCC(F)(F)F)c1)NCc1ccccc1Cn1cccn1. The van der Waals surface area contributed by atoms with Gasteiger partial charge in [0.25, 0.3) is 0 Å². The molecule has 0 fully saturated rings. The van der Waals surface area contributed by atoms with Gasteiger partial charge in [0.15, 0.2) is 12.6 Å². The van der Waals surface area contributed by atoms with E-state index >= 15 is 0 Å². The van der Waals surface area contributed by atoms with E-state index < -0.39 is 12.8 Å². The quantitative estimate of drug-likeness (QED) is 0.389. The van der Waals surface area contributed by atoms with Crippen molar-refractivity contribution in [1.29, 1.82) is 0 Å². The number of benzene rings is 1. The number of aliphatic imine (C=N–C) groups is 1. The van der Waals surface area contributed by atoms with E-state index in [1.54, 1.807) is 12.3 Å². The van der Waals surface area contributed by atoms with E-state index in [1.807, 2.05) is 42.1 Å². The van der Waals surface area contributed by atoms with Crippen LogP contribution in [0.25, 0.3) is 0 Å². The summed E-state index contributed by atoms with van der Waals surface area (Å²) in [6, 6.07) is 13.1. The lowest BCUT2D eigenvalue weighted by Gasteiger charge is -2.14. The van der Waals surface area contributed by atoms with E-state index in [-0.39, 0.29) is 12.4 Å². The third kappa shape index (κ3) is 7.60. The first-order valence-corrected chi connectivity index (χ1v) is 10.1. The molecule has 1 aromatic carbocycles. The van der Waals surface area contributed by atoms with Gasteiger partial charge in [-0.25, -0.2) is 9.98 Å². The van der Waals surface area contributed by atoms with Crippen molar-refractivity contribution in [2.75, 3.05) is 13.2 Å². The molecular formula is C22H25F3N6O. The summed E-state index contributed by atoms with van der Waals surface area (Å²) in [6.07, 6.45) is 0.654. The number of alkyl halides is 3. The number of halogens is 3. The van der Waals surface area contributed by atoms with Gasteiger partial charge in [0.05, 0.1) is 13.1 Å². The van der Waals surface area contributed by atoms with E-state index in [0.717, 1.165) is 11.1 Å². The maximum atomic E-state index is 12.3. The lowest BCUT2D eigenvalue weighted by Crippen LogP contribution is -2.37. The average Bonchev–Trinajstić information content (AvgIpc) is 3.28. The first kappa shape index (κ1) is 23.1. The fourth-order valence-corrected chi connectivity index (χ4v) is 2.93. The Morgan fingerprint density at radius 2 is 1.91 bits per heavy atom. The number of aromatic nitrogens is 3. The maximum absolute atomic E-state index is 12.3. The lowest BCUT2D eigenvalue weighted by molar-refractivity contribution is -0.154. The van der Waals surface area contributed by atoms with Gasteiger partial charge in [0, 0.05) is 37.7 Å². The Morgan fingerprint density at radius 3 is 2.62 bits per heavy atom. The Bertz CT molecular complexity index is 1000. The van der Waals surface area contributed by atoms with Gasteiger partial charge in [-0.3, -0.25) is 4.68 Å². The minimum atomic E-state index is -4.41. The molecule has 32 heavy (non-hydrogen) atoms. The fourth-order valence-electron chi connectivity index (χ4n) is 2.93. The topological polar surface area (TPSA) is 76.4 Å². The number of rotatable bonds is 9. The predicted molar refractivity (Wildman–Crippen MR) is 115 cm³/mol. The molecule has 0 aliphatic carbocycles. The zero-order valence-electron chi connectivity index (χ0n) is 17.6. The van der Waals surface area contributed by atoms with E-state index in [9.17, 15) is 13.2 Å². The van der Waals surface area contributed by atoms with Crippen molar-refractivity contribution in [2.24, 2.45) is 4.99 Å². The van der Waals surface area contributed by atoms with Crippen molar-refractivity contribution in [3.8, 4) is 5.88 Å². The number of nitrogens with zero attached hydrogens (tertiary/aromatic N) is 4. The van der Waals surface area contributed by atoms with Crippen LogP contribution in [0.5, 0.6) is 5.88 Å². The maximum Gasteiger partial charge on any atom is 0.422 e. The van der Waals surface area contributed by atoms with Crippen LogP contribution in [0, 0.1) is 0 Å². The van der Waals surface area contributed by atoms with Gasteiger partial charge >= 0.3 is 6.18 Å². The van der Waals surface area contributed by atoms with Gasteiger partial charge < -0.3 is 15.4 Å². The second kappa shape index (κ2) is 11.2. The average molecular weight is 446 g/mol. The Kier molecular flexibility index (Phi) is 8.07. The Morgan fingerprint density at radius 1 is 1.09 bits per heavy atom. The molecule has 3 rings (SSSR count). The molecule has 0 bridgehead atoms. The van der Waals surface area contributed by atoms with Crippen LogP contribution >= 0.6 is 0 Å². The molecule has 0 amide bonds. The molecule has 0 saturated heterocycles. The zero-order valence-corrected chi connectivity index (χ0v) is 17.6. The summed E-state index contributed by atoms with van der Waals surface area (Å²) in [5, 5.41) is 10.7. The number of hydrogen-bond acceptors (Lipinski definition) is 4. The largest absolute Gasteiger partial charge is 0.468 e. The summed E-state index contributed by atoms with van der Waals surface area (Å²) >= 11 is 0. The Labute approximate surface area is 184 Å². The highest BCUT2D eigenvalue weighted by molar-refractivity contribution is 5.79. The highest BCUT2D eigenvalue weighted by Crippen LogP contribution is 2.18. The second-order valence-electron chi connectivity index (χ2n) is 6.93. The molecule has 2 N–H and O–H groups in total. The van der Waals surface area contributed by atoms with E-state index in [4.69, 9.17) is 4.74 Å². The van der Waals surface area contributed by atoms with Crippen molar-refractivity contribution in [2.45, 2.75) is 32.7 Å². The number of ether oxygens (including phenoxy) is 1. The highest BCUT2D eigenvalue weighted by Gasteiger charge is 2.28. The lowest BCUT2D eigenvalue weighted by atomic mass is 10.1. The summed E-state index contributed by atoms with van der Waals surface area (Å²) < 4.78 is 43.6. The van der Waals surface area contributed by atoms with Crippen LogP contribution in [0.15, 0.2) is 66.0 Å². The number of nitrogens with one attached hydrogen (secondary N) is 2. The molecule has 0 aliphatic heterocycles. The molecule has 0 aliphatic rings. The van der Waals surface area contributed by atoms with Crippen molar-refractivity contribution < 1.29 is 17.9 Å². The zero-order chi connectivity index (χ0) is 22.8. The third-order valence-electron chi connectivity index (χ3n) is 4.40. The molecule has 2 aromatic heterocycles. The van der Waals surface area contributed by atoms with Crippen LogP contribution in [-0.2, 0) is 19.6 Å². The van der Waals surface area contributed by atoms with Gasteiger partial charge in [-0.2, -0.15) is 18.3 Å². The molecule has 10 heteroatoms. The van der Waals surface area contributed by atoms with Crippen LogP contribution in [0.1, 0.15) is 23.6 Å². The van der Waals surface area contributed by atoms with Gasteiger partial charge in [0.2, 0.25) is 5.88 Å². The van der Waals surface area contributed by atoms with Gasteiger partial charge in [-0.1, -0.05) is 24.3 Å². The first-order chi connectivity index (χ1) is 15.4. The first-order valence-electron chi connectivity index (χ1n) is 10.1. The molecule has 7 nitrogen and oxygen atoms in total. The van der Waals surface area contributed by atoms with Crippen LogP contribution in [-0.4, -0.2) is 40.1 Å². The molecule has 2 heterocycles. The minimum absolute atomic E-state index is 0.0828. The van der Waals surface area contributed by atoms with Crippen LogP contribution in [0.3, 0.4) is 0 Å².